The van der Waals surface area contributed by atoms with Crippen LogP contribution in [0.2, 0.25) is 0 Å². The smallest absolute Gasteiger partial charge is 0.326 e. The van der Waals surface area contributed by atoms with Crippen molar-refractivity contribution in [3.8, 4) is 0 Å². The van der Waals surface area contributed by atoms with E-state index < -0.39 is 27.8 Å². The molecule has 6 nitrogen and oxygen atoms in total. The predicted molar refractivity (Wildman–Crippen MR) is 72.6 cm³/mol. The van der Waals surface area contributed by atoms with Crippen molar-refractivity contribution in [2.45, 2.75) is 46.1 Å². The molecule has 0 fully saturated rings. The summed E-state index contributed by atoms with van der Waals surface area (Å²) in [6.45, 7) is 5.40. The Morgan fingerprint density at radius 1 is 1.26 bits per heavy atom. The van der Waals surface area contributed by atoms with Gasteiger partial charge >= 0.3 is 5.97 Å². The number of carboxylic acids is 1. The summed E-state index contributed by atoms with van der Waals surface area (Å²) in [7, 11) is -3.25. The highest BCUT2D eigenvalue weighted by Crippen LogP contribution is 2.03. The Labute approximate surface area is 114 Å². The van der Waals surface area contributed by atoms with Gasteiger partial charge in [-0.1, -0.05) is 27.2 Å². The second kappa shape index (κ2) is 8.14. The summed E-state index contributed by atoms with van der Waals surface area (Å²) in [5.41, 5.74) is 0. The zero-order valence-electron chi connectivity index (χ0n) is 11.7. The SMILES string of the molecule is CCCC(NC(=O)CCS(=O)(=O)CC(C)C)C(=O)O. The fourth-order valence-corrected chi connectivity index (χ4v) is 3.33. The Balaban J connectivity index is 4.28. The monoisotopic (exact) mass is 293 g/mol. The molecule has 0 aromatic heterocycles. The highest BCUT2D eigenvalue weighted by molar-refractivity contribution is 7.91. The molecule has 112 valence electrons. The number of nitrogens with one attached hydrogen (secondary N) is 1. The molecule has 0 heterocycles. The first-order valence-electron chi connectivity index (χ1n) is 6.40. The van der Waals surface area contributed by atoms with E-state index in [-0.39, 0.29) is 23.8 Å². The highest BCUT2D eigenvalue weighted by Gasteiger charge is 2.20. The van der Waals surface area contributed by atoms with Gasteiger partial charge in [-0.15, -0.1) is 0 Å². The van der Waals surface area contributed by atoms with Crippen LogP contribution in [0.3, 0.4) is 0 Å². The first-order valence-corrected chi connectivity index (χ1v) is 8.22. The van der Waals surface area contributed by atoms with Crippen LogP contribution in [0.1, 0.15) is 40.0 Å². The van der Waals surface area contributed by atoms with Crippen molar-refractivity contribution >= 4 is 21.7 Å². The van der Waals surface area contributed by atoms with E-state index in [1.807, 2.05) is 6.92 Å². The van der Waals surface area contributed by atoms with Gasteiger partial charge in [-0.05, 0) is 12.3 Å². The van der Waals surface area contributed by atoms with E-state index in [0.717, 1.165) is 0 Å². The summed E-state index contributed by atoms with van der Waals surface area (Å²) in [5, 5.41) is 11.2. The van der Waals surface area contributed by atoms with Crippen molar-refractivity contribution < 1.29 is 23.1 Å². The molecule has 0 spiro atoms. The first-order chi connectivity index (χ1) is 8.68. The Morgan fingerprint density at radius 2 is 1.84 bits per heavy atom. The fraction of sp³-hybridized carbons (Fsp3) is 0.833. The number of carbonyl (C=O) groups is 2. The fourth-order valence-electron chi connectivity index (χ4n) is 1.65. The lowest BCUT2D eigenvalue weighted by atomic mass is 10.1. The second-order valence-electron chi connectivity index (χ2n) is 5.01. The Bertz CT molecular complexity index is 402. The van der Waals surface area contributed by atoms with Gasteiger partial charge in [0.25, 0.3) is 0 Å². The third-order valence-electron chi connectivity index (χ3n) is 2.44. The number of hydrogen-bond acceptors (Lipinski definition) is 4. The Kier molecular flexibility index (Phi) is 7.66. The standard InChI is InChI=1S/C12H23NO5S/c1-4-5-10(12(15)16)13-11(14)6-7-19(17,18)8-9(2)3/h9-10H,4-8H2,1-3H3,(H,13,14)(H,15,16). The van der Waals surface area contributed by atoms with Crippen molar-refractivity contribution in [3.63, 3.8) is 0 Å². The average Bonchev–Trinajstić information content (AvgIpc) is 2.24. The number of carbonyl (C=O) groups excluding carboxylic acids is 1. The van der Waals surface area contributed by atoms with Crippen molar-refractivity contribution in [3.05, 3.63) is 0 Å². The molecule has 0 radical (unpaired) electrons. The number of amides is 1. The zero-order chi connectivity index (χ0) is 15.1. The lowest BCUT2D eigenvalue weighted by molar-refractivity contribution is -0.142. The van der Waals surface area contributed by atoms with Gasteiger partial charge in [-0.3, -0.25) is 4.79 Å². The number of hydrogen-bond donors (Lipinski definition) is 2. The Morgan fingerprint density at radius 3 is 2.26 bits per heavy atom. The topological polar surface area (TPSA) is 101 Å². The minimum atomic E-state index is -3.25. The predicted octanol–water partition coefficient (Wildman–Crippen LogP) is 0.817. The van der Waals surface area contributed by atoms with Crippen LogP contribution in [-0.2, 0) is 19.4 Å². The molecule has 1 unspecified atom stereocenters. The molecule has 0 aliphatic heterocycles. The lowest BCUT2D eigenvalue weighted by Crippen LogP contribution is -2.41. The zero-order valence-corrected chi connectivity index (χ0v) is 12.5. The van der Waals surface area contributed by atoms with E-state index >= 15 is 0 Å². The quantitative estimate of drug-likeness (QED) is 0.655. The van der Waals surface area contributed by atoms with Gasteiger partial charge in [0.2, 0.25) is 5.91 Å². The largest absolute Gasteiger partial charge is 0.480 e. The van der Waals surface area contributed by atoms with Crippen LogP contribution in [0.5, 0.6) is 0 Å². The normalized spacial score (nSPS) is 13.3. The molecule has 1 amide bonds. The highest BCUT2D eigenvalue weighted by atomic mass is 32.2. The van der Waals surface area contributed by atoms with Gasteiger partial charge in [0, 0.05) is 6.42 Å². The summed E-state index contributed by atoms with van der Waals surface area (Å²) in [6.07, 6.45) is 0.769. The average molecular weight is 293 g/mol. The summed E-state index contributed by atoms with van der Waals surface area (Å²) >= 11 is 0. The number of sulfone groups is 1. The number of aliphatic carboxylic acids is 1. The summed E-state index contributed by atoms with van der Waals surface area (Å²) in [5.74, 6) is -1.82. The van der Waals surface area contributed by atoms with Crippen LogP contribution < -0.4 is 5.32 Å². The molecule has 1 atom stereocenters. The lowest BCUT2D eigenvalue weighted by Gasteiger charge is -2.13. The van der Waals surface area contributed by atoms with Gasteiger partial charge in [0.05, 0.1) is 11.5 Å². The molecule has 0 saturated heterocycles. The van der Waals surface area contributed by atoms with Crippen LogP contribution in [0.4, 0.5) is 0 Å². The minimum absolute atomic E-state index is 0.0138. The molecule has 0 aliphatic carbocycles. The van der Waals surface area contributed by atoms with Crippen molar-refractivity contribution in [1.82, 2.24) is 5.32 Å². The minimum Gasteiger partial charge on any atom is -0.480 e. The molecular weight excluding hydrogens is 270 g/mol. The van der Waals surface area contributed by atoms with E-state index in [1.165, 1.54) is 0 Å². The van der Waals surface area contributed by atoms with Crippen LogP contribution in [-0.4, -0.2) is 42.9 Å². The van der Waals surface area contributed by atoms with Crippen molar-refractivity contribution in [2.24, 2.45) is 5.92 Å². The maximum absolute atomic E-state index is 11.6. The number of carboxylic acid groups (broad SMARTS) is 1. The van der Waals surface area contributed by atoms with Gasteiger partial charge in [-0.25, -0.2) is 13.2 Å². The van der Waals surface area contributed by atoms with Gasteiger partial charge in [0.15, 0.2) is 9.84 Å². The molecule has 0 saturated carbocycles. The molecule has 19 heavy (non-hydrogen) atoms. The van der Waals surface area contributed by atoms with Gasteiger partial charge < -0.3 is 10.4 Å². The van der Waals surface area contributed by atoms with E-state index in [4.69, 9.17) is 5.11 Å². The molecule has 7 heteroatoms. The van der Waals surface area contributed by atoms with Gasteiger partial charge in [-0.2, -0.15) is 0 Å². The van der Waals surface area contributed by atoms with Crippen LogP contribution >= 0.6 is 0 Å². The molecule has 0 aromatic carbocycles. The third-order valence-corrected chi connectivity index (χ3v) is 4.44. The van der Waals surface area contributed by atoms with E-state index in [0.29, 0.717) is 12.8 Å². The third kappa shape index (κ3) is 8.58. The molecule has 0 aromatic rings. The molecule has 0 bridgehead atoms. The van der Waals surface area contributed by atoms with Crippen LogP contribution in [0.15, 0.2) is 0 Å². The second-order valence-corrected chi connectivity index (χ2v) is 7.23. The molecule has 0 rings (SSSR count). The van der Waals surface area contributed by atoms with Crippen LogP contribution in [0, 0.1) is 5.92 Å². The van der Waals surface area contributed by atoms with Crippen LogP contribution in [0.25, 0.3) is 0 Å². The summed E-state index contributed by atoms with van der Waals surface area (Å²) in [6, 6.07) is -0.940. The maximum atomic E-state index is 11.6. The van der Waals surface area contributed by atoms with Crippen molar-refractivity contribution in [1.29, 1.82) is 0 Å². The summed E-state index contributed by atoms with van der Waals surface area (Å²) < 4.78 is 23.2. The number of rotatable bonds is 9. The van der Waals surface area contributed by atoms with Crippen molar-refractivity contribution in [2.75, 3.05) is 11.5 Å². The molecular formula is C12H23NO5S. The van der Waals surface area contributed by atoms with E-state index in [1.54, 1.807) is 13.8 Å². The summed E-state index contributed by atoms with van der Waals surface area (Å²) in [4.78, 5) is 22.4. The molecule has 0 aliphatic rings. The van der Waals surface area contributed by atoms with E-state index in [2.05, 4.69) is 5.32 Å². The van der Waals surface area contributed by atoms with Gasteiger partial charge in [0.1, 0.15) is 6.04 Å². The Hall–Kier alpha value is -1.11. The maximum Gasteiger partial charge on any atom is 0.326 e. The van der Waals surface area contributed by atoms with E-state index in [9.17, 15) is 18.0 Å². The first kappa shape index (κ1) is 17.9. The molecule has 2 N–H and O–H groups in total.